The summed E-state index contributed by atoms with van der Waals surface area (Å²) >= 11 is 0. The molecule has 0 N–H and O–H groups in total. The fraction of sp³-hybridized carbons (Fsp3) is 0.133. The van der Waals surface area contributed by atoms with Gasteiger partial charge in [0.15, 0.2) is 0 Å². The van der Waals surface area contributed by atoms with Crippen LogP contribution in [0.3, 0.4) is 0 Å². The summed E-state index contributed by atoms with van der Waals surface area (Å²) in [6.07, 6.45) is 0.284. The van der Waals surface area contributed by atoms with E-state index in [1.165, 1.54) is 7.11 Å². The van der Waals surface area contributed by atoms with Gasteiger partial charge >= 0.3 is 5.97 Å². The first-order valence-corrected chi connectivity index (χ1v) is 5.75. The lowest BCUT2D eigenvalue weighted by Crippen LogP contribution is -2.03. The van der Waals surface area contributed by atoms with Crippen molar-refractivity contribution in [3.8, 4) is 0 Å². The number of esters is 1. The first kappa shape index (κ1) is 10.8. The van der Waals surface area contributed by atoms with Crippen molar-refractivity contribution in [1.82, 2.24) is 0 Å². The number of rotatable bonds is 2. The minimum atomic E-state index is -0.234. The third kappa shape index (κ3) is 1.74. The molecular formula is C15H12O3. The number of hydrogen-bond donors (Lipinski definition) is 0. The van der Waals surface area contributed by atoms with Gasteiger partial charge in [-0.1, -0.05) is 24.3 Å². The molecule has 0 amide bonds. The van der Waals surface area contributed by atoms with Crippen LogP contribution in [-0.4, -0.2) is 13.1 Å². The second-order valence-electron chi connectivity index (χ2n) is 4.18. The highest BCUT2D eigenvalue weighted by Gasteiger charge is 2.08. The molecule has 0 aliphatic rings. The van der Waals surface area contributed by atoms with E-state index < -0.39 is 0 Å². The Balaban J connectivity index is 2.15. The number of furan rings is 1. The van der Waals surface area contributed by atoms with Crippen molar-refractivity contribution in [3.05, 3.63) is 48.0 Å². The highest BCUT2D eigenvalue weighted by molar-refractivity contribution is 6.05. The van der Waals surface area contributed by atoms with Crippen LogP contribution < -0.4 is 0 Å². The van der Waals surface area contributed by atoms with Crippen molar-refractivity contribution in [1.29, 1.82) is 0 Å². The second kappa shape index (κ2) is 4.18. The molecule has 90 valence electrons. The Morgan fingerprint density at radius 3 is 2.72 bits per heavy atom. The zero-order valence-electron chi connectivity index (χ0n) is 9.97. The van der Waals surface area contributed by atoms with Gasteiger partial charge in [0.25, 0.3) is 0 Å². The quantitative estimate of drug-likeness (QED) is 0.645. The molecule has 0 aliphatic heterocycles. The molecule has 3 rings (SSSR count). The van der Waals surface area contributed by atoms with Gasteiger partial charge in [-0.2, -0.15) is 0 Å². The summed E-state index contributed by atoms with van der Waals surface area (Å²) in [5.41, 5.74) is 2.63. The first-order valence-electron chi connectivity index (χ1n) is 5.75. The molecular weight excluding hydrogens is 228 g/mol. The van der Waals surface area contributed by atoms with Gasteiger partial charge in [-0.25, -0.2) is 0 Å². The summed E-state index contributed by atoms with van der Waals surface area (Å²) < 4.78 is 10.4. The van der Waals surface area contributed by atoms with Crippen LogP contribution in [0.1, 0.15) is 5.56 Å². The number of benzene rings is 2. The van der Waals surface area contributed by atoms with E-state index in [1.54, 1.807) is 0 Å². The van der Waals surface area contributed by atoms with E-state index in [9.17, 15) is 4.79 Å². The molecule has 0 atom stereocenters. The van der Waals surface area contributed by atoms with E-state index in [2.05, 4.69) is 4.74 Å². The summed E-state index contributed by atoms with van der Waals surface area (Å²) in [7, 11) is 1.40. The van der Waals surface area contributed by atoms with Gasteiger partial charge in [-0.15, -0.1) is 0 Å². The second-order valence-corrected chi connectivity index (χ2v) is 4.18. The highest BCUT2D eigenvalue weighted by Crippen LogP contribution is 2.29. The third-order valence-corrected chi connectivity index (χ3v) is 3.02. The van der Waals surface area contributed by atoms with Crippen LogP contribution in [0, 0.1) is 0 Å². The number of carbonyl (C=O) groups excluding carboxylic acids is 1. The van der Waals surface area contributed by atoms with Crippen molar-refractivity contribution < 1.29 is 13.9 Å². The smallest absolute Gasteiger partial charge is 0.309 e. The Kier molecular flexibility index (Phi) is 2.52. The van der Waals surface area contributed by atoms with Crippen LogP contribution in [0.4, 0.5) is 0 Å². The van der Waals surface area contributed by atoms with Crippen molar-refractivity contribution in [2.75, 3.05) is 7.11 Å². The van der Waals surface area contributed by atoms with E-state index in [1.807, 2.05) is 42.5 Å². The van der Waals surface area contributed by atoms with Crippen LogP contribution in [0.2, 0.25) is 0 Å². The molecule has 0 aliphatic carbocycles. The minimum absolute atomic E-state index is 0.234. The monoisotopic (exact) mass is 240 g/mol. The number of hydrogen-bond acceptors (Lipinski definition) is 3. The summed E-state index contributed by atoms with van der Waals surface area (Å²) in [6.45, 7) is 0. The van der Waals surface area contributed by atoms with Crippen LogP contribution in [-0.2, 0) is 16.0 Å². The van der Waals surface area contributed by atoms with Crippen LogP contribution in [0.25, 0.3) is 21.9 Å². The number of carbonyl (C=O) groups is 1. The summed E-state index contributed by atoms with van der Waals surface area (Å²) in [5.74, 6) is -0.234. The average molecular weight is 240 g/mol. The van der Waals surface area contributed by atoms with Crippen LogP contribution in [0.15, 0.2) is 46.9 Å². The zero-order chi connectivity index (χ0) is 12.5. The van der Waals surface area contributed by atoms with Crippen molar-refractivity contribution in [3.63, 3.8) is 0 Å². The number of ether oxygens (including phenoxy) is 1. The Bertz CT molecular complexity index is 725. The fourth-order valence-corrected chi connectivity index (χ4v) is 2.12. The van der Waals surface area contributed by atoms with Gasteiger partial charge in [-0.05, 0) is 23.8 Å². The van der Waals surface area contributed by atoms with Crippen molar-refractivity contribution in [2.45, 2.75) is 6.42 Å². The molecule has 18 heavy (non-hydrogen) atoms. The third-order valence-electron chi connectivity index (χ3n) is 3.02. The maximum Gasteiger partial charge on any atom is 0.309 e. The maximum absolute atomic E-state index is 11.3. The normalized spacial score (nSPS) is 10.9. The molecule has 2 aromatic carbocycles. The molecule has 0 bridgehead atoms. The molecule has 1 aromatic heterocycles. The van der Waals surface area contributed by atoms with Crippen LogP contribution >= 0.6 is 0 Å². The molecule has 0 fully saturated rings. The largest absolute Gasteiger partial charge is 0.469 e. The topological polar surface area (TPSA) is 39.4 Å². The number of fused-ring (bicyclic) bond motifs is 3. The van der Waals surface area contributed by atoms with Gasteiger partial charge in [-0.3, -0.25) is 4.79 Å². The van der Waals surface area contributed by atoms with Gasteiger partial charge in [0.1, 0.15) is 11.2 Å². The SMILES string of the molecule is COC(=O)Cc1ccc2oc3ccccc3c2c1. The molecule has 0 unspecified atom stereocenters. The van der Waals surface area contributed by atoms with E-state index >= 15 is 0 Å². The molecule has 1 heterocycles. The predicted molar refractivity (Wildman–Crippen MR) is 69.4 cm³/mol. The van der Waals surface area contributed by atoms with Crippen molar-refractivity contribution >= 4 is 27.9 Å². The maximum atomic E-state index is 11.3. The lowest BCUT2D eigenvalue weighted by Gasteiger charge is -1.99. The lowest BCUT2D eigenvalue weighted by molar-refractivity contribution is -0.139. The average Bonchev–Trinajstić information content (AvgIpc) is 2.77. The predicted octanol–water partition coefficient (Wildman–Crippen LogP) is 3.30. The molecule has 0 radical (unpaired) electrons. The summed E-state index contributed by atoms with van der Waals surface area (Å²) in [4.78, 5) is 11.3. The molecule has 0 saturated heterocycles. The number of para-hydroxylation sites is 1. The lowest BCUT2D eigenvalue weighted by atomic mass is 10.1. The highest BCUT2D eigenvalue weighted by atomic mass is 16.5. The van der Waals surface area contributed by atoms with E-state index in [0.717, 1.165) is 27.5 Å². The summed E-state index contributed by atoms with van der Waals surface area (Å²) in [6, 6.07) is 13.6. The molecule has 3 nitrogen and oxygen atoms in total. The Hall–Kier alpha value is -2.29. The fourth-order valence-electron chi connectivity index (χ4n) is 2.12. The molecule has 0 spiro atoms. The Morgan fingerprint density at radius 2 is 1.89 bits per heavy atom. The van der Waals surface area contributed by atoms with Gasteiger partial charge in [0, 0.05) is 10.8 Å². The number of methoxy groups -OCH3 is 1. The van der Waals surface area contributed by atoms with Crippen LogP contribution in [0.5, 0.6) is 0 Å². The first-order chi connectivity index (χ1) is 8.78. The zero-order valence-corrected chi connectivity index (χ0v) is 9.97. The molecule has 3 aromatic rings. The van der Waals surface area contributed by atoms with Crippen molar-refractivity contribution in [2.24, 2.45) is 0 Å². The van der Waals surface area contributed by atoms with E-state index in [4.69, 9.17) is 4.42 Å². The van der Waals surface area contributed by atoms with E-state index in [0.29, 0.717) is 0 Å². The molecule has 0 saturated carbocycles. The molecule has 3 heteroatoms. The standard InChI is InChI=1S/C15H12O3/c1-17-15(16)9-10-6-7-14-12(8-10)11-4-2-3-5-13(11)18-14/h2-8H,9H2,1H3. The van der Waals surface area contributed by atoms with Gasteiger partial charge in [0.2, 0.25) is 0 Å². The van der Waals surface area contributed by atoms with Gasteiger partial charge in [0.05, 0.1) is 13.5 Å². The van der Waals surface area contributed by atoms with E-state index in [-0.39, 0.29) is 12.4 Å². The van der Waals surface area contributed by atoms with Gasteiger partial charge < -0.3 is 9.15 Å². The summed E-state index contributed by atoms with van der Waals surface area (Å²) in [5, 5.41) is 2.10. The Morgan fingerprint density at radius 1 is 1.11 bits per heavy atom. The minimum Gasteiger partial charge on any atom is -0.469 e. The Labute approximate surface area is 104 Å².